The smallest absolute Gasteiger partial charge is 0.229 e. The first kappa shape index (κ1) is 16.2. The van der Waals surface area contributed by atoms with Crippen molar-refractivity contribution in [2.45, 2.75) is 39.0 Å². The van der Waals surface area contributed by atoms with Gasteiger partial charge in [0.05, 0.1) is 5.69 Å². The summed E-state index contributed by atoms with van der Waals surface area (Å²) in [5.74, 6) is 0.425. The Labute approximate surface area is 140 Å². The van der Waals surface area contributed by atoms with E-state index in [1.54, 1.807) is 0 Å². The molecule has 124 valence electrons. The van der Waals surface area contributed by atoms with E-state index in [2.05, 4.69) is 22.5 Å². The van der Waals surface area contributed by atoms with Gasteiger partial charge in [0, 0.05) is 30.3 Å². The number of hydrogen-bond acceptors (Lipinski definition) is 4. The zero-order valence-corrected chi connectivity index (χ0v) is 14.3. The van der Waals surface area contributed by atoms with Crippen molar-refractivity contribution in [1.82, 2.24) is 9.88 Å². The Morgan fingerprint density at radius 3 is 2.61 bits per heavy atom. The van der Waals surface area contributed by atoms with Gasteiger partial charge in [-0.25, -0.2) is 4.98 Å². The lowest BCUT2D eigenvalue weighted by atomic mass is 9.90. The molecule has 1 atom stereocenters. The average molecular weight is 333 g/mol. The highest BCUT2D eigenvalue weighted by Gasteiger charge is 2.30. The van der Waals surface area contributed by atoms with E-state index in [1.165, 1.54) is 11.3 Å². The molecule has 2 aliphatic rings. The number of piperidine rings is 1. The summed E-state index contributed by atoms with van der Waals surface area (Å²) in [6.45, 7) is 3.29. The minimum atomic E-state index is -0.0190. The molecule has 2 heterocycles. The molecule has 1 aromatic rings. The third kappa shape index (κ3) is 3.99. The molecule has 0 aromatic carbocycles. The van der Waals surface area contributed by atoms with E-state index in [-0.39, 0.29) is 23.7 Å². The summed E-state index contributed by atoms with van der Waals surface area (Å²) in [4.78, 5) is 31.0. The number of thiazole rings is 1. The molecule has 0 saturated carbocycles. The van der Waals surface area contributed by atoms with Crippen molar-refractivity contribution in [3.8, 4) is 0 Å². The van der Waals surface area contributed by atoms with Gasteiger partial charge in [-0.1, -0.05) is 12.2 Å². The summed E-state index contributed by atoms with van der Waals surface area (Å²) in [6, 6.07) is 0. The first-order valence-electron chi connectivity index (χ1n) is 8.30. The Morgan fingerprint density at radius 1 is 1.22 bits per heavy atom. The zero-order valence-electron chi connectivity index (χ0n) is 13.5. The predicted octanol–water partition coefficient (Wildman–Crippen LogP) is 2.98. The van der Waals surface area contributed by atoms with E-state index in [1.807, 2.05) is 17.2 Å². The van der Waals surface area contributed by atoms with E-state index in [4.69, 9.17) is 0 Å². The van der Waals surface area contributed by atoms with Crippen molar-refractivity contribution in [3.05, 3.63) is 23.2 Å². The number of likely N-dealkylation sites (tertiary alicyclic amines) is 1. The fourth-order valence-electron chi connectivity index (χ4n) is 3.26. The second-order valence-electron chi connectivity index (χ2n) is 6.36. The summed E-state index contributed by atoms with van der Waals surface area (Å²) < 4.78 is 0. The summed E-state index contributed by atoms with van der Waals surface area (Å²) in [5.41, 5.74) is 0.923. The molecule has 5 nitrogen and oxygen atoms in total. The van der Waals surface area contributed by atoms with Crippen LogP contribution in [0.1, 0.15) is 37.8 Å². The maximum Gasteiger partial charge on any atom is 0.229 e. The van der Waals surface area contributed by atoms with E-state index < -0.39 is 0 Å². The van der Waals surface area contributed by atoms with Crippen molar-refractivity contribution in [2.24, 2.45) is 11.8 Å². The van der Waals surface area contributed by atoms with Crippen LogP contribution in [0.4, 0.5) is 5.13 Å². The second-order valence-corrected chi connectivity index (χ2v) is 7.22. The van der Waals surface area contributed by atoms with Crippen LogP contribution in [-0.2, 0) is 9.59 Å². The average Bonchev–Trinajstić information content (AvgIpc) is 3.00. The molecule has 23 heavy (non-hydrogen) atoms. The van der Waals surface area contributed by atoms with Crippen LogP contribution in [0.5, 0.6) is 0 Å². The molecule has 1 aromatic heterocycles. The van der Waals surface area contributed by atoms with Crippen molar-refractivity contribution in [2.75, 3.05) is 18.4 Å². The third-order valence-electron chi connectivity index (χ3n) is 4.64. The number of hydrogen-bond donors (Lipinski definition) is 1. The molecule has 0 bridgehead atoms. The standard InChI is InChI=1S/C17H23N3O2S/c1-12-11-23-17(18-12)19-15(21)13-7-9-20(10-8-13)16(22)14-5-3-2-4-6-14/h2-3,11,13-14H,4-10H2,1H3,(H,18,19,21)/t14-/m1/s1. The number of allylic oxidation sites excluding steroid dienone is 2. The molecule has 1 aliphatic heterocycles. The molecule has 0 unspecified atom stereocenters. The van der Waals surface area contributed by atoms with E-state index in [0.717, 1.165) is 37.8 Å². The van der Waals surface area contributed by atoms with Crippen molar-refractivity contribution >= 4 is 28.3 Å². The first-order valence-corrected chi connectivity index (χ1v) is 9.18. The van der Waals surface area contributed by atoms with Crippen LogP contribution in [0.15, 0.2) is 17.5 Å². The number of aromatic nitrogens is 1. The minimum absolute atomic E-state index is 0.0190. The van der Waals surface area contributed by atoms with Gasteiger partial charge in [-0.2, -0.15) is 0 Å². The Balaban J connectivity index is 1.48. The maximum absolute atomic E-state index is 12.5. The third-order valence-corrected chi connectivity index (χ3v) is 5.52. The minimum Gasteiger partial charge on any atom is -0.342 e. The van der Waals surface area contributed by atoms with Crippen LogP contribution in [0.25, 0.3) is 0 Å². The summed E-state index contributed by atoms with van der Waals surface area (Å²) >= 11 is 1.45. The number of rotatable bonds is 3. The van der Waals surface area contributed by atoms with Gasteiger partial charge in [0.1, 0.15) is 0 Å². The van der Waals surface area contributed by atoms with E-state index >= 15 is 0 Å². The van der Waals surface area contributed by atoms with Gasteiger partial charge >= 0.3 is 0 Å². The molecule has 6 heteroatoms. The second kappa shape index (κ2) is 7.25. The van der Waals surface area contributed by atoms with Crippen LogP contribution in [0, 0.1) is 18.8 Å². The lowest BCUT2D eigenvalue weighted by Gasteiger charge is -2.34. The molecule has 0 spiro atoms. The summed E-state index contributed by atoms with van der Waals surface area (Å²) in [5, 5.41) is 5.49. The van der Waals surface area contributed by atoms with Gasteiger partial charge in [-0.15, -0.1) is 11.3 Å². The van der Waals surface area contributed by atoms with Crippen LogP contribution in [0.3, 0.4) is 0 Å². The lowest BCUT2D eigenvalue weighted by Crippen LogP contribution is -2.44. The molecule has 0 radical (unpaired) electrons. The largest absolute Gasteiger partial charge is 0.342 e. The Morgan fingerprint density at radius 2 is 2.00 bits per heavy atom. The molecule has 1 saturated heterocycles. The molecular weight excluding hydrogens is 310 g/mol. The van der Waals surface area contributed by atoms with Crippen LogP contribution in [0.2, 0.25) is 0 Å². The SMILES string of the molecule is Cc1csc(NC(=O)C2CCN(C(=O)[C@@H]3CC=CCC3)CC2)n1. The normalized spacial score (nSPS) is 22.1. The number of anilines is 1. The highest BCUT2D eigenvalue weighted by molar-refractivity contribution is 7.13. The van der Waals surface area contributed by atoms with Gasteiger partial charge in [0.25, 0.3) is 0 Å². The Bertz CT molecular complexity index is 603. The van der Waals surface area contributed by atoms with E-state index in [9.17, 15) is 9.59 Å². The molecule has 3 rings (SSSR count). The van der Waals surface area contributed by atoms with Gasteiger partial charge in [-0.05, 0) is 39.0 Å². The van der Waals surface area contributed by atoms with Crippen LogP contribution < -0.4 is 5.32 Å². The van der Waals surface area contributed by atoms with Gasteiger partial charge in [0.2, 0.25) is 11.8 Å². The monoisotopic (exact) mass is 333 g/mol. The quantitative estimate of drug-likeness (QED) is 0.865. The van der Waals surface area contributed by atoms with Crippen molar-refractivity contribution < 1.29 is 9.59 Å². The molecule has 1 N–H and O–H groups in total. The van der Waals surface area contributed by atoms with Crippen molar-refractivity contribution in [1.29, 1.82) is 0 Å². The number of aryl methyl sites for hydroxylation is 1. The molecule has 2 amide bonds. The van der Waals surface area contributed by atoms with Gasteiger partial charge in [0.15, 0.2) is 5.13 Å². The van der Waals surface area contributed by atoms with E-state index in [0.29, 0.717) is 18.2 Å². The lowest BCUT2D eigenvalue weighted by molar-refractivity contribution is -0.138. The predicted molar refractivity (Wildman–Crippen MR) is 91.3 cm³/mol. The van der Waals surface area contributed by atoms with Crippen molar-refractivity contribution in [3.63, 3.8) is 0 Å². The number of carbonyl (C=O) groups is 2. The van der Waals surface area contributed by atoms with Gasteiger partial charge in [-0.3, -0.25) is 9.59 Å². The number of nitrogens with one attached hydrogen (secondary N) is 1. The highest BCUT2D eigenvalue weighted by Crippen LogP contribution is 2.25. The zero-order chi connectivity index (χ0) is 16.2. The summed E-state index contributed by atoms with van der Waals surface area (Å²) in [7, 11) is 0. The van der Waals surface area contributed by atoms with Crippen LogP contribution in [-0.4, -0.2) is 34.8 Å². The molecule has 1 aliphatic carbocycles. The summed E-state index contributed by atoms with van der Waals surface area (Å²) in [6.07, 6.45) is 8.57. The molecule has 1 fully saturated rings. The Kier molecular flexibility index (Phi) is 5.10. The topological polar surface area (TPSA) is 62.3 Å². The number of carbonyl (C=O) groups excluding carboxylic acids is 2. The number of nitrogens with zero attached hydrogens (tertiary/aromatic N) is 2. The fraction of sp³-hybridized carbons (Fsp3) is 0.588. The van der Waals surface area contributed by atoms with Crippen LogP contribution >= 0.6 is 11.3 Å². The fourth-order valence-corrected chi connectivity index (χ4v) is 3.95. The highest BCUT2D eigenvalue weighted by atomic mass is 32.1. The number of amides is 2. The Hall–Kier alpha value is -1.69. The van der Waals surface area contributed by atoms with Gasteiger partial charge < -0.3 is 10.2 Å². The first-order chi connectivity index (χ1) is 11.1. The molecular formula is C17H23N3O2S. The maximum atomic E-state index is 12.5.